The van der Waals surface area contributed by atoms with Gasteiger partial charge in [-0.05, 0) is 18.2 Å². The summed E-state index contributed by atoms with van der Waals surface area (Å²) in [7, 11) is 1.84. The van der Waals surface area contributed by atoms with Crippen molar-refractivity contribution in [2.45, 2.75) is 6.04 Å². The molecule has 142 valence electrons. The van der Waals surface area contributed by atoms with Crippen molar-refractivity contribution in [2.75, 3.05) is 24.7 Å². The molecule has 1 saturated heterocycles. The Balaban J connectivity index is 1.54. The zero-order chi connectivity index (χ0) is 19.1. The van der Waals surface area contributed by atoms with E-state index >= 15 is 0 Å². The van der Waals surface area contributed by atoms with Gasteiger partial charge in [-0.15, -0.1) is 0 Å². The van der Waals surface area contributed by atoms with E-state index in [9.17, 15) is 0 Å². The van der Waals surface area contributed by atoms with Crippen LogP contribution in [0, 0.1) is 0 Å². The largest absolute Gasteiger partial charge is 0.377 e. The monoisotopic (exact) mass is 397 g/mol. The normalized spacial score (nSPS) is 17.4. The third-order valence-corrected chi connectivity index (χ3v) is 4.90. The minimum atomic E-state index is -0.225. The predicted octanol–water partition coefficient (Wildman–Crippen LogP) is 2.64. The molecule has 4 aromatic rings. The van der Waals surface area contributed by atoms with Crippen molar-refractivity contribution in [3.8, 4) is 11.5 Å². The van der Waals surface area contributed by atoms with Gasteiger partial charge in [0.25, 0.3) is 5.89 Å². The quantitative estimate of drug-likeness (QED) is 0.520. The van der Waals surface area contributed by atoms with Crippen molar-refractivity contribution in [2.24, 2.45) is 7.05 Å². The number of anilines is 1. The average molecular weight is 398 g/mol. The zero-order valence-corrected chi connectivity index (χ0v) is 15.7. The highest BCUT2D eigenvalue weighted by atomic mass is 35.5. The van der Waals surface area contributed by atoms with E-state index in [1.807, 2.05) is 31.4 Å². The molecule has 4 heterocycles. The van der Waals surface area contributed by atoms with Crippen LogP contribution in [-0.4, -0.2) is 49.6 Å². The van der Waals surface area contributed by atoms with E-state index in [-0.39, 0.29) is 6.04 Å². The van der Waals surface area contributed by atoms with Crippen molar-refractivity contribution in [1.82, 2.24) is 29.9 Å². The maximum Gasteiger partial charge on any atom is 0.261 e. The number of ether oxygens (including phenoxy) is 1. The first kappa shape index (κ1) is 17.1. The van der Waals surface area contributed by atoms with Crippen LogP contribution in [0.15, 0.2) is 41.4 Å². The maximum atomic E-state index is 6.11. The van der Waals surface area contributed by atoms with Crippen molar-refractivity contribution >= 4 is 28.3 Å². The number of aryl methyl sites for hydroxylation is 1. The lowest BCUT2D eigenvalue weighted by Gasteiger charge is -2.35. The van der Waals surface area contributed by atoms with Crippen molar-refractivity contribution in [3.63, 3.8) is 0 Å². The Labute approximate surface area is 164 Å². The maximum absolute atomic E-state index is 6.11. The molecular formula is C18H16ClN7O2. The van der Waals surface area contributed by atoms with Crippen LogP contribution in [0.1, 0.15) is 11.9 Å². The molecule has 1 atom stereocenters. The lowest BCUT2D eigenvalue weighted by molar-refractivity contribution is 0.0907. The number of rotatable bonds is 3. The van der Waals surface area contributed by atoms with Crippen LogP contribution in [-0.2, 0) is 11.8 Å². The van der Waals surface area contributed by atoms with Crippen LogP contribution in [0.3, 0.4) is 0 Å². The van der Waals surface area contributed by atoms with Gasteiger partial charge in [0.15, 0.2) is 5.82 Å². The summed E-state index contributed by atoms with van der Waals surface area (Å²) >= 11 is 6.11. The number of morpholine rings is 1. The smallest absolute Gasteiger partial charge is 0.261 e. The van der Waals surface area contributed by atoms with Gasteiger partial charge in [-0.2, -0.15) is 10.1 Å². The molecule has 1 fully saturated rings. The minimum absolute atomic E-state index is 0.225. The number of aromatic nitrogens is 6. The lowest BCUT2D eigenvalue weighted by atomic mass is 10.1. The van der Waals surface area contributed by atoms with Crippen LogP contribution in [0.4, 0.5) is 5.82 Å². The van der Waals surface area contributed by atoms with E-state index in [1.165, 1.54) is 6.33 Å². The summed E-state index contributed by atoms with van der Waals surface area (Å²) in [4.78, 5) is 15.5. The van der Waals surface area contributed by atoms with Crippen LogP contribution in [0.25, 0.3) is 22.4 Å². The number of benzene rings is 1. The van der Waals surface area contributed by atoms with Crippen LogP contribution >= 0.6 is 11.6 Å². The summed E-state index contributed by atoms with van der Waals surface area (Å²) in [6, 6.07) is 5.36. The summed E-state index contributed by atoms with van der Waals surface area (Å²) in [5.41, 5.74) is 1.55. The van der Waals surface area contributed by atoms with Gasteiger partial charge in [-0.1, -0.05) is 16.8 Å². The Bertz CT molecular complexity index is 1140. The molecular weight excluding hydrogens is 382 g/mol. The van der Waals surface area contributed by atoms with Crippen LogP contribution < -0.4 is 4.90 Å². The number of hydrogen-bond donors (Lipinski definition) is 0. The standard InChI is InChI=1S/C18H16ClN7O2/c1-25-8-11(7-22-25)18-23-16(24-28-18)15-9-27-5-4-26(15)17-13-3-2-12(19)6-14(13)20-10-21-17/h2-3,6-8,10,15H,4-5,9H2,1H3. The topological polar surface area (TPSA) is 95.0 Å². The van der Waals surface area contributed by atoms with E-state index in [1.54, 1.807) is 10.9 Å². The Morgan fingerprint density at radius 1 is 1.25 bits per heavy atom. The molecule has 0 amide bonds. The van der Waals surface area contributed by atoms with Gasteiger partial charge < -0.3 is 14.2 Å². The molecule has 0 saturated carbocycles. The van der Waals surface area contributed by atoms with E-state index < -0.39 is 0 Å². The fourth-order valence-corrected chi connectivity index (χ4v) is 3.50. The van der Waals surface area contributed by atoms with E-state index in [0.717, 1.165) is 22.3 Å². The molecule has 1 unspecified atom stereocenters. The lowest BCUT2D eigenvalue weighted by Crippen LogP contribution is -2.40. The third kappa shape index (κ3) is 2.98. The van der Waals surface area contributed by atoms with Crippen LogP contribution in [0.5, 0.6) is 0 Å². The second-order valence-electron chi connectivity index (χ2n) is 6.50. The van der Waals surface area contributed by atoms with Crippen LogP contribution in [0.2, 0.25) is 5.02 Å². The van der Waals surface area contributed by atoms with Gasteiger partial charge in [-0.3, -0.25) is 4.68 Å². The first-order chi connectivity index (χ1) is 13.7. The number of nitrogens with zero attached hydrogens (tertiary/aromatic N) is 7. The second-order valence-corrected chi connectivity index (χ2v) is 6.94. The molecule has 28 heavy (non-hydrogen) atoms. The van der Waals surface area contributed by atoms with E-state index in [2.05, 4.69) is 30.1 Å². The highest BCUT2D eigenvalue weighted by molar-refractivity contribution is 6.31. The first-order valence-corrected chi connectivity index (χ1v) is 9.14. The molecule has 1 aliphatic rings. The van der Waals surface area contributed by atoms with Gasteiger partial charge in [-0.25, -0.2) is 9.97 Å². The average Bonchev–Trinajstić information content (AvgIpc) is 3.36. The Morgan fingerprint density at radius 2 is 2.18 bits per heavy atom. The summed E-state index contributed by atoms with van der Waals surface area (Å²) in [6.45, 7) is 1.67. The molecule has 10 heteroatoms. The summed E-state index contributed by atoms with van der Waals surface area (Å²) < 4.78 is 12.8. The molecule has 0 bridgehead atoms. The van der Waals surface area contributed by atoms with Crippen molar-refractivity contribution in [3.05, 3.63) is 47.8 Å². The van der Waals surface area contributed by atoms with Crippen molar-refractivity contribution in [1.29, 1.82) is 0 Å². The summed E-state index contributed by atoms with van der Waals surface area (Å²) in [5.74, 6) is 1.76. The molecule has 0 aliphatic carbocycles. The predicted molar refractivity (Wildman–Crippen MR) is 102 cm³/mol. The van der Waals surface area contributed by atoms with Gasteiger partial charge in [0.05, 0.1) is 30.5 Å². The van der Waals surface area contributed by atoms with E-state index in [0.29, 0.717) is 36.5 Å². The number of halogens is 1. The van der Waals surface area contributed by atoms with Gasteiger partial charge in [0, 0.05) is 30.2 Å². The Morgan fingerprint density at radius 3 is 3.04 bits per heavy atom. The molecule has 0 N–H and O–H groups in total. The highest BCUT2D eigenvalue weighted by Crippen LogP contribution is 2.33. The fourth-order valence-electron chi connectivity index (χ4n) is 3.34. The number of hydrogen-bond acceptors (Lipinski definition) is 8. The fraction of sp³-hybridized carbons (Fsp3) is 0.278. The molecule has 9 nitrogen and oxygen atoms in total. The third-order valence-electron chi connectivity index (χ3n) is 4.67. The molecule has 1 aliphatic heterocycles. The van der Waals surface area contributed by atoms with Gasteiger partial charge in [0.2, 0.25) is 0 Å². The summed E-state index contributed by atoms with van der Waals surface area (Å²) in [5, 5.41) is 9.88. The van der Waals surface area contributed by atoms with Gasteiger partial charge >= 0.3 is 0 Å². The van der Waals surface area contributed by atoms with Gasteiger partial charge in [0.1, 0.15) is 18.2 Å². The Hall–Kier alpha value is -3.04. The van der Waals surface area contributed by atoms with Crippen molar-refractivity contribution < 1.29 is 9.26 Å². The number of fused-ring (bicyclic) bond motifs is 1. The SMILES string of the molecule is Cn1cc(-c2nc(C3COCCN3c3ncnc4cc(Cl)ccc34)no2)cn1. The Kier molecular flexibility index (Phi) is 4.18. The molecule has 0 radical (unpaired) electrons. The zero-order valence-electron chi connectivity index (χ0n) is 15.0. The van der Waals surface area contributed by atoms with E-state index in [4.69, 9.17) is 20.9 Å². The summed E-state index contributed by atoms with van der Waals surface area (Å²) in [6.07, 6.45) is 5.06. The first-order valence-electron chi connectivity index (χ1n) is 8.76. The molecule has 3 aromatic heterocycles. The molecule has 1 aromatic carbocycles. The molecule has 0 spiro atoms. The minimum Gasteiger partial charge on any atom is -0.377 e. The highest BCUT2D eigenvalue weighted by Gasteiger charge is 2.31. The molecule has 5 rings (SSSR count). The second kappa shape index (κ2) is 6.84.